The van der Waals surface area contributed by atoms with E-state index in [1.165, 1.54) is 17.2 Å². The molecule has 0 fully saturated rings. The lowest BCUT2D eigenvalue weighted by atomic mass is 10.2. The number of carbonyl (C=O) groups is 2. The maximum absolute atomic E-state index is 12.2. The van der Waals surface area contributed by atoms with Gasteiger partial charge in [0, 0.05) is 31.6 Å². The molecular formula is C16H16N2O4. The summed E-state index contributed by atoms with van der Waals surface area (Å²) in [6.07, 6.45) is 7.62. The molecule has 0 aromatic carbocycles. The predicted molar refractivity (Wildman–Crippen MR) is 79.6 cm³/mol. The summed E-state index contributed by atoms with van der Waals surface area (Å²) in [4.78, 5) is 28.4. The molecule has 0 atom stereocenters. The number of amides is 1. The van der Waals surface area contributed by atoms with Gasteiger partial charge in [-0.2, -0.15) is 0 Å². The fourth-order valence-electron chi connectivity index (χ4n) is 1.85. The molecule has 22 heavy (non-hydrogen) atoms. The Hall–Kier alpha value is -2.89. The number of furan rings is 1. The van der Waals surface area contributed by atoms with E-state index in [0.29, 0.717) is 12.3 Å². The summed E-state index contributed by atoms with van der Waals surface area (Å²) in [6.45, 7) is 0.438. The Bertz CT molecular complexity index is 635. The highest BCUT2D eigenvalue weighted by Gasteiger charge is 2.13. The topological polar surface area (TPSA) is 83.6 Å². The van der Waals surface area contributed by atoms with Crippen molar-refractivity contribution in [3.05, 3.63) is 60.3 Å². The highest BCUT2D eigenvalue weighted by atomic mass is 16.4. The monoisotopic (exact) mass is 300 g/mol. The number of carbonyl (C=O) groups excluding carboxylic acids is 1. The molecule has 0 unspecified atom stereocenters. The zero-order chi connectivity index (χ0) is 15.8. The number of pyridine rings is 1. The Morgan fingerprint density at radius 3 is 2.82 bits per heavy atom. The van der Waals surface area contributed by atoms with Gasteiger partial charge in [-0.1, -0.05) is 6.07 Å². The first-order valence-corrected chi connectivity index (χ1v) is 6.76. The van der Waals surface area contributed by atoms with Crippen molar-refractivity contribution in [1.82, 2.24) is 9.88 Å². The molecule has 0 bridgehead atoms. The molecule has 0 saturated carbocycles. The van der Waals surface area contributed by atoms with Crippen LogP contribution in [0.1, 0.15) is 17.7 Å². The van der Waals surface area contributed by atoms with Gasteiger partial charge in [-0.25, -0.2) is 0 Å². The van der Waals surface area contributed by atoms with E-state index >= 15 is 0 Å². The third-order valence-corrected chi connectivity index (χ3v) is 2.94. The van der Waals surface area contributed by atoms with Gasteiger partial charge >= 0.3 is 5.97 Å². The number of carboxylic acids is 1. The zero-order valence-electron chi connectivity index (χ0n) is 11.9. The average molecular weight is 300 g/mol. The lowest BCUT2D eigenvalue weighted by Gasteiger charge is -2.20. The molecule has 6 heteroatoms. The van der Waals surface area contributed by atoms with E-state index < -0.39 is 5.97 Å². The van der Waals surface area contributed by atoms with Crippen molar-refractivity contribution in [3.63, 3.8) is 0 Å². The molecule has 0 spiro atoms. The van der Waals surface area contributed by atoms with Crippen LogP contribution in [0.2, 0.25) is 0 Å². The second kappa shape index (κ2) is 7.78. The van der Waals surface area contributed by atoms with Crippen LogP contribution >= 0.6 is 0 Å². The Balaban J connectivity index is 2.05. The van der Waals surface area contributed by atoms with Crippen molar-refractivity contribution < 1.29 is 19.1 Å². The molecule has 0 aliphatic heterocycles. The molecule has 2 aromatic heterocycles. The molecule has 6 nitrogen and oxygen atoms in total. The van der Waals surface area contributed by atoms with Crippen molar-refractivity contribution in [2.45, 2.75) is 13.0 Å². The van der Waals surface area contributed by atoms with Gasteiger partial charge in [0.15, 0.2) is 0 Å². The van der Waals surface area contributed by atoms with Gasteiger partial charge < -0.3 is 14.4 Å². The van der Waals surface area contributed by atoms with E-state index in [2.05, 4.69) is 4.98 Å². The fraction of sp³-hybridized carbons (Fsp3) is 0.188. The van der Waals surface area contributed by atoms with Crippen LogP contribution < -0.4 is 0 Å². The number of carboxylic acid groups (broad SMARTS) is 1. The normalized spacial score (nSPS) is 10.7. The number of hydrogen-bond donors (Lipinski definition) is 1. The van der Waals surface area contributed by atoms with Crippen LogP contribution in [0.3, 0.4) is 0 Å². The Labute approximate surface area is 127 Å². The highest BCUT2D eigenvalue weighted by Crippen LogP contribution is 2.07. The quantitative estimate of drug-likeness (QED) is 0.792. The summed E-state index contributed by atoms with van der Waals surface area (Å²) in [6, 6.07) is 7.06. The van der Waals surface area contributed by atoms with Gasteiger partial charge in [-0.15, -0.1) is 0 Å². The van der Waals surface area contributed by atoms with Crippen LogP contribution in [0.4, 0.5) is 0 Å². The summed E-state index contributed by atoms with van der Waals surface area (Å²) >= 11 is 0. The van der Waals surface area contributed by atoms with Gasteiger partial charge in [0.25, 0.3) is 0 Å². The van der Waals surface area contributed by atoms with Gasteiger partial charge in [0.05, 0.1) is 12.7 Å². The molecule has 1 N–H and O–H groups in total. The Morgan fingerprint density at radius 2 is 2.18 bits per heavy atom. The summed E-state index contributed by atoms with van der Waals surface area (Å²) < 4.78 is 5.12. The number of rotatable bonds is 7. The number of aromatic nitrogens is 1. The minimum atomic E-state index is -0.945. The van der Waals surface area contributed by atoms with E-state index in [0.717, 1.165) is 5.56 Å². The SMILES string of the molecule is O=C(O)CCN(Cc1cccnc1)C(=O)/C=C/c1ccco1. The predicted octanol–water partition coefficient (Wildman–Crippen LogP) is 2.19. The zero-order valence-corrected chi connectivity index (χ0v) is 11.9. The number of hydrogen-bond acceptors (Lipinski definition) is 4. The van der Waals surface area contributed by atoms with Gasteiger partial charge in [-0.3, -0.25) is 14.6 Å². The maximum Gasteiger partial charge on any atom is 0.305 e. The second-order valence-corrected chi connectivity index (χ2v) is 4.61. The van der Waals surface area contributed by atoms with E-state index in [4.69, 9.17) is 9.52 Å². The van der Waals surface area contributed by atoms with Crippen LogP contribution in [0.25, 0.3) is 6.08 Å². The van der Waals surface area contributed by atoms with Crippen molar-refractivity contribution in [2.24, 2.45) is 0 Å². The number of nitrogens with zero attached hydrogens (tertiary/aromatic N) is 2. The second-order valence-electron chi connectivity index (χ2n) is 4.61. The molecule has 0 aliphatic carbocycles. The molecule has 114 valence electrons. The van der Waals surface area contributed by atoms with Crippen molar-refractivity contribution in [2.75, 3.05) is 6.54 Å². The van der Waals surface area contributed by atoms with Crippen molar-refractivity contribution in [1.29, 1.82) is 0 Å². The Morgan fingerprint density at radius 1 is 1.32 bits per heavy atom. The third kappa shape index (κ3) is 4.90. The highest BCUT2D eigenvalue weighted by molar-refractivity contribution is 5.91. The van der Waals surface area contributed by atoms with E-state index in [-0.39, 0.29) is 18.9 Å². The first-order chi connectivity index (χ1) is 10.6. The number of aliphatic carboxylic acids is 1. The van der Waals surface area contributed by atoms with Crippen LogP contribution in [0.15, 0.2) is 53.4 Å². The minimum Gasteiger partial charge on any atom is -0.481 e. The van der Waals surface area contributed by atoms with E-state index in [9.17, 15) is 9.59 Å². The Kier molecular flexibility index (Phi) is 5.48. The lowest BCUT2D eigenvalue weighted by molar-refractivity contribution is -0.138. The third-order valence-electron chi connectivity index (χ3n) is 2.94. The van der Waals surface area contributed by atoms with Crippen molar-refractivity contribution >= 4 is 18.0 Å². The van der Waals surface area contributed by atoms with Gasteiger partial charge in [0.2, 0.25) is 5.91 Å². The van der Waals surface area contributed by atoms with Gasteiger partial charge in [0.1, 0.15) is 5.76 Å². The van der Waals surface area contributed by atoms with E-state index in [1.807, 2.05) is 6.07 Å². The summed E-state index contributed by atoms with van der Waals surface area (Å²) in [7, 11) is 0. The summed E-state index contributed by atoms with van der Waals surface area (Å²) in [5.41, 5.74) is 0.840. The molecule has 2 rings (SSSR count). The molecule has 0 radical (unpaired) electrons. The van der Waals surface area contributed by atoms with Gasteiger partial charge in [-0.05, 0) is 29.8 Å². The molecule has 2 aromatic rings. The lowest BCUT2D eigenvalue weighted by Crippen LogP contribution is -2.31. The minimum absolute atomic E-state index is 0.111. The molecule has 0 aliphatic rings. The molecule has 1 amide bonds. The average Bonchev–Trinajstić information content (AvgIpc) is 3.03. The summed E-state index contributed by atoms with van der Waals surface area (Å²) in [5.74, 6) is -0.659. The first kappa shape index (κ1) is 15.5. The van der Waals surface area contributed by atoms with Crippen LogP contribution in [-0.2, 0) is 16.1 Å². The molecule has 0 saturated heterocycles. The molecule has 2 heterocycles. The molecular weight excluding hydrogens is 284 g/mol. The van der Waals surface area contributed by atoms with E-state index in [1.54, 1.807) is 36.7 Å². The van der Waals surface area contributed by atoms with Crippen LogP contribution in [0, 0.1) is 0 Å². The smallest absolute Gasteiger partial charge is 0.305 e. The first-order valence-electron chi connectivity index (χ1n) is 6.76. The fourth-order valence-corrected chi connectivity index (χ4v) is 1.85. The largest absolute Gasteiger partial charge is 0.481 e. The van der Waals surface area contributed by atoms with Crippen molar-refractivity contribution in [3.8, 4) is 0 Å². The van der Waals surface area contributed by atoms with Crippen LogP contribution in [0.5, 0.6) is 0 Å². The van der Waals surface area contributed by atoms with Crippen LogP contribution in [-0.4, -0.2) is 33.4 Å². The standard InChI is InChI=1S/C16H16N2O4/c19-15(6-5-14-4-2-10-22-14)18(9-7-16(20)21)12-13-3-1-8-17-11-13/h1-6,8,10-11H,7,9,12H2,(H,20,21)/b6-5+. The summed E-state index contributed by atoms with van der Waals surface area (Å²) in [5, 5.41) is 8.81. The maximum atomic E-state index is 12.2.